The molecule has 0 radical (unpaired) electrons. The Hall–Kier alpha value is -3.29. The number of carbonyl (C=O) groups excluding carboxylic acids is 1. The molecule has 1 N–H and O–H groups in total. The van der Waals surface area contributed by atoms with E-state index in [-0.39, 0.29) is 18.4 Å². The van der Waals surface area contributed by atoms with Crippen molar-refractivity contribution in [1.29, 1.82) is 0 Å². The summed E-state index contributed by atoms with van der Waals surface area (Å²) in [6, 6.07) is 24.4. The molecule has 8 heteroatoms. The predicted molar refractivity (Wildman–Crippen MR) is 130 cm³/mol. The average molecular weight is 477 g/mol. The summed E-state index contributed by atoms with van der Waals surface area (Å²) >= 11 is 7.51. The molecule has 0 saturated carbocycles. The van der Waals surface area contributed by atoms with E-state index in [1.165, 1.54) is 17.3 Å². The fourth-order valence-corrected chi connectivity index (χ4v) is 4.96. The first-order valence-electron chi connectivity index (χ1n) is 10.5. The molecule has 4 aromatic rings. The zero-order valence-electron chi connectivity index (χ0n) is 17.8. The number of fused-ring (bicyclic) bond motifs is 1. The summed E-state index contributed by atoms with van der Waals surface area (Å²) in [5.74, 6) is 1.41. The van der Waals surface area contributed by atoms with Crippen molar-refractivity contribution in [3.05, 3.63) is 106 Å². The van der Waals surface area contributed by atoms with Gasteiger partial charge in [-0.1, -0.05) is 83.5 Å². The number of hydrogen-bond donors (Lipinski definition) is 1. The van der Waals surface area contributed by atoms with Crippen LogP contribution >= 0.6 is 23.4 Å². The number of thioether (sulfide) groups is 1. The van der Waals surface area contributed by atoms with Crippen molar-refractivity contribution in [3.8, 4) is 5.75 Å². The fourth-order valence-electron chi connectivity index (χ4n) is 3.66. The molecule has 33 heavy (non-hydrogen) atoms. The summed E-state index contributed by atoms with van der Waals surface area (Å²) in [4.78, 5) is 13.4. The number of aryl methyl sites for hydroxylation is 1. The zero-order chi connectivity index (χ0) is 22.8. The van der Waals surface area contributed by atoms with Crippen LogP contribution in [0.25, 0.3) is 0 Å². The number of nitrogens with zero attached hydrogens (tertiary/aromatic N) is 3. The van der Waals surface area contributed by atoms with Crippen LogP contribution in [0.3, 0.4) is 0 Å². The molecule has 166 valence electrons. The molecule has 0 fully saturated rings. The van der Waals surface area contributed by atoms with Crippen molar-refractivity contribution < 1.29 is 9.53 Å². The molecular weight excluding hydrogens is 456 g/mol. The van der Waals surface area contributed by atoms with E-state index >= 15 is 0 Å². The Morgan fingerprint density at radius 1 is 1.03 bits per heavy atom. The molecule has 0 spiro atoms. The van der Waals surface area contributed by atoms with Gasteiger partial charge in [-0.2, -0.15) is 0 Å². The number of ether oxygens (including phenoxy) is 1. The van der Waals surface area contributed by atoms with Crippen molar-refractivity contribution in [2.45, 2.75) is 30.0 Å². The van der Waals surface area contributed by atoms with E-state index in [0.717, 1.165) is 11.3 Å². The lowest BCUT2D eigenvalue weighted by Crippen LogP contribution is -2.39. The van der Waals surface area contributed by atoms with Gasteiger partial charge in [0.05, 0.1) is 6.04 Å². The van der Waals surface area contributed by atoms with Crippen LogP contribution in [0.4, 0.5) is 0 Å². The second-order valence-corrected chi connectivity index (χ2v) is 9.31. The predicted octanol–water partition coefficient (Wildman–Crippen LogP) is 5.46. The summed E-state index contributed by atoms with van der Waals surface area (Å²) in [5.41, 5.74) is 6.23. The van der Waals surface area contributed by atoms with Gasteiger partial charge in [0.15, 0.2) is 11.6 Å². The maximum Gasteiger partial charge on any atom is 0.210 e. The van der Waals surface area contributed by atoms with Gasteiger partial charge < -0.3 is 10.2 Å². The molecule has 3 aromatic carbocycles. The lowest BCUT2D eigenvalue weighted by molar-refractivity contribution is 0.0980. The zero-order valence-corrected chi connectivity index (χ0v) is 19.4. The van der Waals surface area contributed by atoms with Crippen LogP contribution in [0.2, 0.25) is 5.02 Å². The van der Waals surface area contributed by atoms with Crippen LogP contribution in [0.5, 0.6) is 5.75 Å². The minimum Gasteiger partial charge on any atom is -0.486 e. The van der Waals surface area contributed by atoms with Crippen LogP contribution < -0.4 is 10.2 Å². The highest BCUT2D eigenvalue weighted by Gasteiger charge is 2.38. The van der Waals surface area contributed by atoms with E-state index in [4.69, 9.17) is 16.3 Å². The third-order valence-corrected chi connectivity index (χ3v) is 6.91. The van der Waals surface area contributed by atoms with Crippen molar-refractivity contribution in [2.24, 2.45) is 0 Å². The highest BCUT2D eigenvalue weighted by Crippen LogP contribution is 2.39. The van der Waals surface area contributed by atoms with Crippen LogP contribution in [0.1, 0.15) is 33.4 Å². The number of ketones is 1. The third-order valence-electron chi connectivity index (χ3n) is 5.44. The van der Waals surface area contributed by atoms with Crippen molar-refractivity contribution in [3.63, 3.8) is 0 Å². The van der Waals surface area contributed by atoms with Gasteiger partial charge >= 0.3 is 0 Å². The highest BCUT2D eigenvalue weighted by atomic mass is 35.5. The minimum atomic E-state index is -0.420. The third kappa shape index (κ3) is 4.60. The SMILES string of the molecule is Cc1ccc(OCc2nnc3n2N[C@H](c2ccc(Cl)cc2)[C@@H](C(=O)c2ccccc2)S3)cc1. The largest absolute Gasteiger partial charge is 0.486 e. The van der Waals surface area contributed by atoms with Crippen molar-refractivity contribution >= 4 is 29.1 Å². The Morgan fingerprint density at radius 2 is 1.76 bits per heavy atom. The summed E-state index contributed by atoms with van der Waals surface area (Å²) in [6.45, 7) is 2.28. The van der Waals surface area contributed by atoms with Crippen LogP contribution in [0.15, 0.2) is 84.0 Å². The summed E-state index contributed by atoms with van der Waals surface area (Å²) < 4.78 is 7.73. The first kappa shape index (κ1) is 21.6. The van der Waals surface area contributed by atoms with Crippen molar-refractivity contribution in [1.82, 2.24) is 14.9 Å². The number of Topliss-reactive ketones (excluding diaryl/α,β-unsaturated/α-hetero) is 1. The van der Waals surface area contributed by atoms with Gasteiger partial charge in [0, 0.05) is 10.6 Å². The molecule has 0 amide bonds. The lowest BCUT2D eigenvalue weighted by Gasteiger charge is -2.33. The van der Waals surface area contributed by atoms with Gasteiger partial charge in [0.25, 0.3) is 0 Å². The molecule has 1 aliphatic heterocycles. The Kier molecular flexibility index (Phi) is 6.07. The summed E-state index contributed by atoms with van der Waals surface area (Å²) in [7, 11) is 0. The molecule has 0 unspecified atom stereocenters. The molecule has 0 bridgehead atoms. The topological polar surface area (TPSA) is 69.0 Å². The molecule has 0 saturated heterocycles. The lowest BCUT2D eigenvalue weighted by atomic mass is 9.97. The molecular formula is C25H21ClN4O2S. The van der Waals surface area contributed by atoms with E-state index in [1.54, 1.807) is 0 Å². The van der Waals surface area contributed by atoms with Crippen molar-refractivity contribution in [2.75, 3.05) is 5.43 Å². The van der Waals surface area contributed by atoms with E-state index < -0.39 is 5.25 Å². The van der Waals surface area contributed by atoms with E-state index in [1.807, 2.05) is 90.5 Å². The van der Waals surface area contributed by atoms with Gasteiger partial charge in [0.1, 0.15) is 17.6 Å². The molecule has 2 heterocycles. The Labute approximate surface area is 200 Å². The maximum absolute atomic E-state index is 13.4. The number of nitrogens with one attached hydrogen (secondary N) is 1. The van der Waals surface area contributed by atoms with E-state index in [9.17, 15) is 4.79 Å². The summed E-state index contributed by atoms with van der Waals surface area (Å²) in [5, 5.41) is 9.47. The molecule has 2 atom stereocenters. The van der Waals surface area contributed by atoms with Gasteiger partial charge in [-0.15, -0.1) is 10.2 Å². The number of rotatable bonds is 6. The van der Waals surface area contributed by atoms with Gasteiger partial charge in [-0.25, -0.2) is 4.68 Å². The van der Waals surface area contributed by atoms with Crippen LogP contribution in [-0.2, 0) is 6.61 Å². The van der Waals surface area contributed by atoms with Gasteiger partial charge in [-0.05, 0) is 36.8 Å². The molecule has 5 rings (SSSR count). The molecule has 6 nitrogen and oxygen atoms in total. The van der Waals surface area contributed by atoms with Gasteiger partial charge in [-0.3, -0.25) is 4.79 Å². The van der Waals surface area contributed by atoms with Crippen LogP contribution in [-0.4, -0.2) is 25.9 Å². The number of halogens is 1. The standard InChI is InChI=1S/C25H21ClN4O2S/c1-16-7-13-20(14-8-16)32-15-21-27-28-25-30(21)29-22(17-9-11-19(26)12-10-17)24(33-25)23(31)18-5-3-2-4-6-18/h2-14,22,24,29H,15H2,1H3/t22-,24+/m1/s1. The van der Waals surface area contributed by atoms with Gasteiger partial charge in [0.2, 0.25) is 5.16 Å². The second kappa shape index (κ2) is 9.29. The first-order valence-corrected chi connectivity index (χ1v) is 11.8. The maximum atomic E-state index is 13.4. The average Bonchev–Trinajstić information content (AvgIpc) is 3.25. The molecule has 1 aromatic heterocycles. The normalized spacial score (nSPS) is 17.2. The number of aromatic nitrogens is 3. The quantitative estimate of drug-likeness (QED) is 0.372. The molecule has 1 aliphatic rings. The highest BCUT2D eigenvalue weighted by molar-refractivity contribution is 8.00. The smallest absolute Gasteiger partial charge is 0.210 e. The molecule has 0 aliphatic carbocycles. The number of benzene rings is 3. The number of carbonyl (C=O) groups is 1. The first-order chi connectivity index (χ1) is 16.1. The van der Waals surface area contributed by atoms with Crippen LogP contribution in [0, 0.1) is 6.92 Å². The van der Waals surface area contributed by atoms with E-state index in [2.05, 4.69) is 15.6 Å². The Balaban J connectivity index is 1.44. The fraction of sp³-hybridized carbons (Fsp3) is 0.160. The number of hydrogen-bond acceptors (Lipinski definition) is 6. The monoisotopic (exact) mass is 476 g/mol. The minimum absolute atomic E-state index is 0.0276. The Bertz CT molecular complexity index is 1260. The second-order valence-electron chi connectivity index (χ2n) is 7.76. The Morgan fingerprint density at radius 3 is 2.48 bits per heavy atom. The summed E-state index contributed by atoms with van der Waals surface area (Å²) in [6.07, 6.45) is 0. The van der Waals surface area contributed by atoms with E-state index in [0.29, 0.717) is 21.6 Å².